The Hall–Kier alpha value is -3.94. The number of oxazole rings is 1. The molecule has 1 amide bonds. The van der Waals surface area contributed by atoms with Crippen molar-refractivity contribution < 1.29 is 26.8 Å². The average molecular weight is 426 g/mol. The summed E-state index contributed by atoms with van der Waals surface area (Å²) in [4.78, 5) is 17.0. The number of carbonyl (C=O) groups is 1. The maximum absolute atomic E-state index is 13.2. The lowest BCUT2D eigenvalue weighted by atomic mass is 10.1. The van der Waals surface area contributed by atoms with Gasteiger partial charge in [0, 0.05) is 11.1 Å². The van der Waals surface area contributed by atoms with Crippen LogP contribution in [0.4, 0.5) is 23.2 Å². The molecule has 0 aliphatic carbocycles. The van der Waals surface area contributed by atoms with E-state index in [1.165, 1.54) is 54.7 Å². The van der Waals surface area contributed by atoms with Crippen LogP contribution in [0.1, 0.15) is 15.9 Å². The Morgan fingerprint density at radius 1 is 0.903 bits per heavy atom. The Balaban J connectivity index is 1.66. The third kappa shape index (κ3) is 4.32. The number of nitrogens with zero attached hydrogens (tertiary/aromatic N) is 1. The van der Waals surface area contributed by atoms with Gasteiger partial charge in [0.05, 0.1) is 23.0 Å². The molecule has 0 unspecified atom stereocenters. The van der Waals surface area contributed by atoms with Crippen molar-refractivity contribution in [3.63, 3.8) is 0 Å². The van der Waals surface area contributed by atoms with Crippen molar-refractivity contribution in [3.05, 3.63) is 95.9 Å². The van der Waals surface area contributed by atoms with Crippen molar-refractivity contribution in [1.82, 2.24) is 4.98 Å². The quantitative estimate of drug-likeness (QED) is 0.383. The summed E-state index contributed by atoms with van der Waals surface area (Å²) in [6.45, 7) is 0. The fourth-order valence-electron chi connectivity index (χ4n) is 3.04. The smallest absolute Gasteiger partial charge is 0.418 e. The second-order valence-electron chi connectivity index (χ2n) is 6.58. The topological polar surface area (TPSA) is 55.1 Å². The minimum atomic E-state index is -4.62. The van der Waals surface area contributed by atoms with Crippen LogP contribution in [0.25, 0.3) is 22.8 Å². The van der Waals surface area contributed by atoms with Gasteiger partial charge in [0.25, 0.3) is 5.91 Å². The molecule has 156 valence electrons. The van der Waals surface area contributed by atoms with Crippen molar-refractivity contribution in [2.24, 2.45) is 0 Å². The Labute approximate surface area is 174 Å². The molecule has 0 aliphatic heterocycles. The molecule has 1 heterocycles. The molecule has 31 heavy (non-hydrogen) atoms. The summed E-state index contributed by atoms with van der Waals surface area (Å²) in [5.41, 5.74) is -0.323. The number of hydrogen-bond acceptors (Lipinski definition) is 3. The zero-order valence-electron chi connectivity index (χ0n) is 15.8. The van der Waals surface area contributed by atoms with Crippen LogP contribution in [0.2, 0.25) is 0 Å². The number of benzene rings is 3. The van der Waals surface area contributed by atoms with Gasteiger partial charge < -0.3 is 9.73 Å². The van der Waals surface area contributed by atoms with Crippen LogP contribution in [0.3, 0.4) is 0 Å². The first-order valence-corrected chi connectivity index (χ1v) is 9.11. The van der Waals surface area contributed by atoms with Gasteiger partial charge in [-0.3, -0.25) is 4.79 Å². The highest BCUT2D eigenvalue weighted by Crippen LogP contribution is 2.35. The predicted molar refractivity (Wildman–Crippen MR) is 107 cm³/mol. The number of amides is 1. The molecule has 0 saturated carbocycles. The molecule has 1 N–H and O–H groups in total. The third-order valence-electron chi connectivity index (χ3n) is 4.52. The Kier molecular flexibility index (Phi) is 5.29. The van der Waals surface area contributed by atoms with Crippen LogP contribution in [0.5, 0.6) is 0 Å². The van der Waals surface area contributed by atoms with E-state index in [1.807, 2.05) is 0 Å². The zero-order valence-corrected chi connectivity index (χ0v) is 15.8. The van der Waals surface area contributed by atoms with Gasteiger partial charge in [0.15, 0.2) is 5.76 Å². The first-order valence-electron chi connectivity index (χ1n) is 9.11. The van der Waals surface area contributed by atoms with Crippen LogP contribution >= 0.6 is 0 Å². The number of aromatic nitrogens is 1. The van der Waals surface area contributed by atoms with Gasteiger partial charge in [-0.1, -0.05) is 24.3 Å². The lowest BCUT2D eigenvalue weighted by Gasteiger charge is -2.14. The normalized spacial score (nSPS) is 11.4. The Morgan fingerprint density at radius 3 is 2.32 bits per heavy atom. The Morgan fingerprint density at radius 2 is 1.58 bits per heavy atom. The van der Waals surface area contributed by atoms with Gasteiger partial charge in [-0.25, -0.2) is 9.37 Å². The molecule has 0 radical (unpaired) electrons. The number of anilines is 1. The summed E-state index contributed by atoms with van der Waals surface area (Å²) in [5, 5.41) is 2.32. The summed E-state index contributed by atoms with van der Waals surface area (Å²) < 4.78 is 58.6. The lowest BCUT2D eigenvalue weighted by Crippen LogP contribution is -2.17. The van der Waals surface area contributed by atoms with Crippen molar-refractivity contribution in [3.8, 4) is 22.8 Å². The van der Waals surface area contributed by atoms with Gasteiger partial charge >= 0.3 is 6.18 Å². The van der Waals surface area contributed by atoms with Gasteiger partial charge in [0.2, 0.25) is 5.89 Å². The highest BCUT2D eigenvalue weighted by molar-refractivity contribution is 6.08. The molecule has 0 spiro atoms. The van der Waals surface area contributed by atoms with Crippen molar-refractivity contribution in [2.75, 3.05) is 5.32 Å². The zero-order chi connectivity index (χ0) is 22.0. The summed E-state index contributed by atoms with van der Waals surface area (Å²) in [6.07, 6.45) is -3.19. The van der Waals surface area contributed by atoms with Crippen molar-refractivity contribution in [2.45, 2.75) is 6.18 Å². The van der Waals surface area contributed by atoms with Crippen LogP contribution in [0.15, 0.2) is 83.4 Å². The second kappa shape index (κ2) is 8.06. The molecule has 0 fully saturated rings. The minimum absolute atomic E-state index is 0.0898. The van der Waals surface area contributed by atoms with E-state index in [0.717, 1.165) is 6.07 Å². The molecular weight excluding hydrogens is 412 g/mol. The molecule has 3 aromatic carbocycles. The molecule has 0 atom stereocenters. The molecule has 0 aliphatic rings. The summed E-state index contributed by atoms with van der Waals surface area (Å²) in [7, 11) is 0. The van der Waals surface area contributed by atoms with Crippen LogP contribution in [0, 0.1) is 5.82 Å². The third-order valence-corrected chi connectivity index (χ3v) is 4.52. The van der Waals surface area contributed by atoms with E-state index in [4.69, 9.17) is 4.42 Å². The molecule has 4 rings (SSSR count). The van der Waals surface area contributed by atoms with Gasteiger partial charge in [-0.05, 0) is 48.5 Å². The molecule has 0 saturated heterocycles. The number of hydrogen-bond donors (Lipinski definition) is 1. The summed E-state index contributed by atoms with van der Waals surface area (Å²) >= 11 is 0. The summed E-state index contributed by atoms with van der Waals surface area (Å²) in [5.74, 6) is -0.680. The van der Waals surface area contributed by atoms with Gasteiger partial charge in [-0.2, -0.15) is 13.2 Å². The highest BCUT2D eigenvalue weighted by Gasteiger charge is 2.33. The minimum Gasteiger partial charge on any atom is -0.436 e. The van der Waals surface area contributed by atoms with E-state index in [2.05, 4.69) is 10.3 Å². The molecular formula is C23H14F4N2O2. The van der Waals surface area contributed by atoms with E-state index >= 15 is 0 Å². The van der Waals surface area contributed by atoms with E-state index in [-0.39, 0.29) is 17.1 Å². The van der Waals surface area contributed by atoms with E-state index in [0.29, 0.717) is 16.9 Å². The van der Waals surface area contributed by atoms with Gasteiger partial charge in [-0.15, -0.1) is 0 Å². The number of halogens is 4. The standard InChI is InChI=1S/C23H14F4N2O2/c24-15-11-9-14(10-12-15)20-13-28-22(31-20)17-6-2-1-5-16(17)21(30)29-19-8-4-3-7-18(19)23(25,26)27/h1-13H,(H,29,30). The van der Waals surface area contributed by atoms with Crippen LogP contribution in [-0.4, -0.2) is 10.9 Å². The molecule has 4 aromatic rings. The SMILES string of the molecule is O=C(Nc1ccccc1C(F)(F)F)c1ccccc1-c1ncc(-c2ccc(F)cc2)o1. The largest absolute Gasteiger partial charge is 0.436 e. The monoisotopic (exact) mass is 426 g/mol. The van der Waals surface area contributed by atoms with Crippen molar-refractivity contribution in [1.29, 1.82) is 0 Å². The maximum Gasteiger partial charge on any atom is 0.418 e. The number of alkyl halides is 3. The predicted octanol–water partition coefficient (Wildman–Crippen LogP) is 6.42. The van der Waals surface area contributed by atoms with Gasteiger partial charge in [0.1, 0.15) is 5.82 Å². The van der Waals surface area contributed by atoms with Crippen LogP contribution in [-0.2, 0) is 6.18 Å². The molecule has 4 nitrogen and oxygen atoms in total. The fourth-order valence-corrected chi connectivity index (χ4v) is 3.04. The maximum atomic E-state index is 13.2. The van der Waals surface area contributed by atoms with E-state index < -0.39 is 23.5 Å². The van der Waals surface area contributed by atoms with E-state index in [1.54, 1.807) is 18.2 Å². The number of para-hydroxylation sites is 1. The number of nitrogens with one attached hydrogen (secondary N) is 1. The first kappa shape index (κ1) is 20.3. The average Bonchev–Trinajstić information content (AvgIpc) is 3.24. The fraction of sp³-hybridized carbons (Fsp3) is 0.0435. The second-order valence-corrected chi connectivity index (χ2v) is 6.58. The molecule has 0 bridgehead atoms. The number of carbonyl (C=O) groups excluding carboxylic acids is 1. The molecule has 8 heteroatoms. The van der Waals surface area contributed by atoms with Crippen LogP contribution < -0.4 is 5.32 Å². The molecule has 1 aromatic heterocycles. The summed E-state index contributed by atoms with van der Waals surface area (Å²) in [6, 6.07) is 16.6. The van der Waals surface area contributed by atoms with E-state index in [9.17, 15) is 22.4 Å². The van der Waals surface area contributed by atoms with Crippen molar-refractivity contribution >= 4 is 11.6 Å². The number of rotatable bonds is 4. The first-order chi connectivity index (χ1) is 14.8. The Bertz CT molecular complexity index is 1230. The highest BCUT2D eigenvalue weighted by atomic mass is 19.4. The lowest BCUT2D eigenvalue weighted by molar-refractivity contribution is -0.136.